The predicted octanol–water partition coefficient (Wildman–Crippen LogP) is -0.515. The maximum absolute atomic E-state index is 10.6. The molecule has 0 amide bonds. The number of nitrogens with zero attached hydrogens (tertiary/aromatic N) is 2. The third-order valence-corrected chi connectivity index (χ3v) is 2.26. The average Bonchev–Trinajstić information content (AvgIpc) is 2.01. The van der Waals surface area contributed by atoms with E-state index < -0.39 is 10.0 Å². The molecule has 0 fully saturated rings. The molecule has 0 unspecified atom stereocenters. The highest BCUT2D eigenvalue weighted by Gasteiger charge is 2.02. The van der Waals surface area contributed by atoms with Crippen molar-refractivity contribution in [1.29, 1.82) is 0 Å². The van der Waals surface area contributed by atoms with Gasteiger partial charge in [0.1, 0.15) is 5.82 Å². The van der Waals surface area contributed by atoms with Crippen molar-refractivity contribution in [2.45, 2.75) is 6.92 Å². The predicted molar refractivity (Wildman–Crippen MR) is 53.2 cm³/mol. The van der Waals surface area contributed by atoms with Crippen LogP contribution in [0.15, 0.2) is 12.3 Å². The molecule has 0 saturated heterocycles. The summed E-state index contributed by atoms with van der Waals surface area (Å²) in [6.45, 7) is 2.11. The van der Waals surface area contributed by atoms with E-state index in [0.717, 1.165) is 5.56 Å². The van der Waals surface area contributed by atoms with Gasteiger partial charge in [-0.05, 0) is 18.6 Å². The lowest BCUT2D eigenvalue weighted by Gasteiger charge is -2.03. The van der Waals surface area contributed by atoms with Gasteiger partial charge in [-0.25, -0.2) is 13.6 Å². The number of aromatic nitrogens is 2. The van der Waals surface area contributed by atoms with Crippen LogP contribution in [0.3, 0.4) is 0 Å². The number of sulfonamides is 1. The summed E-state index contributed by atoms with van der Waals surface area (Å²) in [5.41, 5.74) is 0.957. The van der Waals surface area contributed by atoms with Gasteiger partial charge in [-0.15, -0.1) is 5.10 Å². The summed E-state index contributed by atoms with van der Waals surface area (Å²) in [6, 6.07) is 1.77. The van der Waals surface area contributed by atoms with E-state index in [1.54, 1.807) is 12.3 Å². The molecule has 1 aromatic rings. The number of nitrogens with one attached hydrogen (secondary N) is 1. The molecule has 1 aromatic heterocycles. The fraction of sp³-hybridized carbons (Fsp3) is 0.429. The van der Waals surface area contributed by atoms with Crippen LogP contribution in [0.5, 0.6) is 0 Å². The Morgan fingerprint density at radius 3 is 2.86 bits per heavy atom. The Balaban J connectivity index is 2.47. The minimum atomic E-state index is -3.42. The molecule has 1 heterocycles. The van der Waals surface area contributed by atoms with Crippen LogP contribution in [-0.2, 0) is 10.0 Å². The quantitative estimate of drug-likeness (QED) is 0.706. The second kappa shape index (κ2) is 4.34. The molecule has 7 heteroatoms. The fourth-order valence-corrected chi connectivity index (χ4v) is 1.26. The zero-order valence-electron chi connectivity index (χ0n) is 7.77. The van der Waals surface area contributed by atoms with Gasteiger partial charge >= 0.3 is 0 Å². The van der Waals surface area contributed by atoms with Gasteiger partial charge in [-0.3, -0.25) is 0 Å². The van der Waals surface area contributed by atoms with E-state index in [9.17, 15) is 8.42 Å². The molecule has 0 atom stereocenters. The van der Waals surface area contributed by atoms with E-state index in [1.165, 1.54) is 0 Å². The maximum atomic E-state index is 10.6. The first kappa shape index (κ1) is 10.9. The molecule has 0 saturated carbocycles. The van der Waals surface area contributed by atoms with Crippen molar-refractivity contribution in [3.8, 4) is 0 Å². The fourth-order valence-electron chi connectivity index (χ4n) is 0.872. The molecule has 0 spiro atoms. The SMILES string of the molecule is Cc1cnnc(NCCS(N)(=O)=O)c1. The zero-order valence-corrected chi connectivity index (χ0v) is 8.58. The van der Waals surface area contributed by atoms with Crippen LogP contribution < -0.4 is 10.5 Å². The van der Waals surface area contributed by atoms with E-state index in [-0.39, 0.29) is 12.3 Å². The third kappa shape index (κ3) is 4.15. The standard InChI is InChI=1S/C7H12N4O2S/c1-6-4-7(11-10-5-6)9-2-3-14(8,12)13/h4-5H,2-3H2,1H3,(H,9,11)(H2,8,12,13). The molecule has 0 aliphatic heterocycles. The van der Waals surface area contributed by atoms with E-state index in [1.807, 2.05) is 6.92 Å². The van der Waals surface area contributed by atoms with Crippen LogP contribution in [0.1, 0.15) is 5.56 Å². The van der Waals surface area contributed by atoms with Crippen molar-refractivity contribution in [2.75, 3.05) is 17.6 Å². The second-order valence-corrected chi connectivity index (χ2v) is 4.65. The van der Waals surface area contributed by atoms with Crippen LogP contribution in [0.2, 0.25) is 0 Å². The molecule has 3 N–H and O–H groups in total. The topological polar surface area (TPSA) is 98.0 Å². The first-order valence-electron chi connectivity index (χ1n) is 4.01. The normalized spacial score (nSPS) is 11.3. The Hall–Kier alpha value is -1.21. The van der Waals surface area contributed by atoms with E-state index >= 15 is 0 Å². The number of hydrogen-bond donors (Lipinski definition) is 2. The number of primary sulfonamides is 1. The molecule has 1 rings (SSSR count). The van der Waals surface area contributed by atoms with Gasteiger partial charge in [-0.2, -0.15) is 5.10 Å². The molecule has 14 heavy (non-hydrogen) atoms. The molecule has 0 radical (unpaired) electrons. The Labute approximate surface area is 82.6 Å². The van der Waals surface area contributed by atoms with Gasteiger partial charge in [0.25, 0.3) is 0 Å². The van der Waals surface area contributed by atoms with Gasteiger partial charge in [0, 0.05) is 6.54 Å². The molecule has 6 nitrogen and oxygen atoms in total. The lowest BCUT2D eigenvalue weighted by molar-refractivity contribution is 0.598. The summed E-state index contributed by atoms with van der Waals surface area (Å²) in [6.07, 6.45) is 1.62. The molecule has 0 aromatic carbocycles. The van der Waals surface area contributed by atoms with Crippen LogP contribution in [0.4, 0.5) is 5.82 Å². The van der Waals surface area contributed by atoms with Crippen molar-refractivity contribution >= 4 is 15.8 Å². The maximum Gasteiger partial charge on any atom is 0.210 e. The summed E-state index contributed by atoms with van der Waals surface area (Å²) in [5, 5.41) is 15.1. The largest absolute Gasteiger partial charge is 0.368 e. The van der Waals surface area contributed by atoms with Gasteiger partial charge < -0.3 is 5.32 Å². The first-order chi connectivity index (χ1) is 6.47. The zero-order chi connectivity index (χ0) is 10.6. The second-order valence-electron chi connectivity index (χ2n) is 2.91. The van der Waals surface area contributed by atoms with E-state index in [4.69, 9.17) is 5.14 Å². The summed E-state index contributed by atoms with van der Waals surface area (Å²) in [4.78, 5) is 0. The summed E-state index contributed by atoms with van der Waals surface area (Å²) in [5.74, 6) is 0.427. The molecule has 78 valence electrons. The summed E-state index contributed by atoms with van der Waals surface area (Å²) in [7, 11) is -3.42. The van der Waals surface area contributed by atoms with Crippen LogP contribution >= 0.6 is 0 Å². The average molecular weight is 216 g/mol. The number of rotatable bonds is 4. The number of anilines is 1. The Bertz CT molecular complexity index is 404. The third-order valence-electron chi connectivity index (χ3n) is 1.48. The monoisotopic (exact) mass is 216 g/mol. The number of hydrogen-bond acceptors (Lipinski definition) is 5. The lowest BCUT2D eigenvalue weighted by Crippen LogP contribution is -2.22. The van der Waals surface area contributed by atoms with Crippen LogP contribution in [0, 0.1) is 6.92 Å². The van der Waals surface area contributed by atoms with Crippen molar-refractivity contribution in [3.05, 3.63) is 17.8 Å². The van der Waals surface area contributed by atoms with Gasteiger partial charge in [0.15, 0.2) is 0 Å². The molecule has 0 aliphatic carbocycles. The summed E-state index contributed by atoms with van der Waals surface area (Å²) < 4.78 is 21.2. The molecular formula is C7H12N4O2S. The minimum absolute atomic E-state index is 0.122. The first-order valence-corrected chi connectivity index (χ1v) is 5.72. The molecule has 0 bridgehead atoms. The molecular weight excluding hydrogens is 204 g/mol. The smallest absolute Gasteiger partial charge is 0.210 e. The number of nitrogens with two attached hydrogens (primary N) is 1. The van der Waals surface area contributed by atoms with Crippen LogP contribution in [0.25, 0.3) is 0 Å². The highest BCUT2D eigenvalue weighted by Crippen LogP contribution is 2.02. The van der Waals surface area contributed by atoms with Crippen LogP contribution in [-0.4, -0.2) is 30.9 Å². The Kier molecular flexibility index (Phi) is 3.37. The highest BCUT2D eigenvalue weighted by atomic mass is 32.2. The summed E-state index contributed by atoms with van der Waals surface area (Å²) >= 11 is 0. The van der Waals surface area contributed by atoms with Gasteiger partial charge in [-0.1, -0.05) is 0 Å². The lowest BCUT2D eigenvalue weighted by atomic mass is 10.3. The van der Waals surface area contributed by atoms with E-state index in [0.29, 0.717) is 5.82 Å². The highest BCUT2D eigenvalue weighted by molar-refractivity contribution is 7.89. The van der Waals surface area contributed by atoms with Crippen molar-refractivity contribution in [2.24, 2.45) is 5.14 Å². The van der Waals surface area contributed by atoms with Crippen molar-refractivity contribution in [3.63, 3.8) is 0 Å². The minimum Gasteiger partial charge on any atom is -0.368 e. The van der Waals surface area contributed by atoms with E-state index in [2.05, 4.69) is 15.5 Å². The Morgan fingerprint density at radius 2 is 2.29 bits per heavy atom. The number of aryl methyl sites for hydroxylation is 1. The van der Waals surface area contributed by atoms with Crippen molar-refractivity contribution < 1.29 is 8.42 Å². The van der Waals surface area contributed by atoms with Gasteiger partial charge in [0.2, 0.25) is 10.0 Å². The Morgan fingerprint density at radius 1 is 1.57 bits per heavy atom. The van der Waals surface area contributed by atoms with Gasteiger partial charge in [0.05, 0.1) is 11.9 Å². The van der Waals surface area contributed by atoms with Crippen molar-refractivity contribution in [1.82, 2.24) is 10.2 Å². The molecule has 0 aliphatic rings.